The van der Waals surface area contributed by atoms with Crippen LogP contribution in [0.1, 0.15) is 52.6 Å². The summed E-state index contributed by atoms with van der Waals surface area (Å²) in [5.41, 5.74) is 6.44. The molecule has 2 nitrogen and oxygen atoms in total. The highest BCUT2D eigenvalue weighted by atomic mass is 16.5. The van der Waals surface area contributed by atoms with Crippen molar-refractivity contribution in [1.29, 1.82) is 0 Å². The summed E-state index contributed by atoms with van der Waals surface area (Å²) >= 11 is 0. The van der Waals surface area contributed by atoms with Crippen molar-refractivity contribution in [1.82, 2.24) is 0 Å². The van der Waals surface area contributed by atoms with Crippen LogP contribution < -0.4 is 0 Å². The lowest BCUT2D eigenvalue weighted by Gasteiger charge is -2.19. The van der Waals surface area contributed by atoms with Gasteiger partial charge in [0.15, 0.2) is 0 Å². The zero-order valence-electron chi connectivity index (χ0n) is 14.3. The Balaban J connectivity index is 1.62. The molecule has 0 radical (unpaired) electrons. The minimum Gasteiger partial charge on any atom is -0.465 e. The topological polar surface area (TPSA) is 26.3 Å². The Bertz CT molecular complexity index is 1000. The van der Waals surface area contributed by atoms with Crippen molar-refractivity contribution in [2.45, 2.75) is 31.1 Å². The van der Waals surface area contributed by atoms with E-state index in [1.54, 1.807) is 11.1 Å². The summed E-state index contributed by atoms with van der Waals surface area (Å²) in [4.78, 5) is 11.7. The van der Waals surface area contributed by atoms with Crippen LogP contribution in [0.15, 0.2) is 54.6 Å². The smallest absolute Gasteiger partial charge is 0.337 e. The maximum absolute atomic E-state index is 11.7. The lowest BCUT2D eigenvalue weighted by atomic mass is 9.85. The molecule has 3 aromatic rings. The monoisotopic (exact) mass is 328 g/mol. The van der Waals surface area contributed by atoms with Gasteiger partial charge in [0.05, 0.1) is 12.7 Å². The highest BCUT2D eigenvalue weighted by molar-refractivity contribution is 5.96. The first-order valence-electron chi connectivity index (χ1n) is 9.00. The Kier molecular flexibility index (Phi) is 3.21. The summed E-state index contributed by atoms with van der Waals surface area (Å²) in [6.45, 7) is 0. The van der Waals surface area contributed by atoms with Crippen LogP contribution in [-0.2, 0) is 4.74 Å². The van der Waals surface area contributed by atoms with Crippen molar-refractivity contribution in [3.63, 3.8) is 0 Å². The van der Waals surface area contributed by atoms with Crippen LogP contribution in [0.2, 0.25) is 0 Å². The van der Waals surface area contributed by atoms with E-state index >= 15 is 0 Å². The summed E-state index contributed by atoms with van der Waals surface area (Å²) in [5.74, 6) is 1.24. The van der Waals surface area contributed by atoms with E-state index in [9.17, 15) is 4.79 Å². The Morgan fingerprint density at radius 1 is 0.960 bits per heavy atom. The van der Waals surface area contributed by atoms with Gasteiger partial charge in [0.1, 0.15) is 0 Å². The Morgan fingerprint density at radius 2 is 1.76 bits per heavy atom. The normalized spacial score (nSPS) is 20.7. The minimum atomic E-state index is -0.289. The van der Waals surface area contributed by atoms with Gasteiger partial charge in [-0.25, -0.2) is 4.79 Å². The van der Waals surface area contributed by atoms with Crippen LogP contribution in [0.4, 0.5) is 0 Å². The fourth-order valence-corrected chi connectivity index (χ4v) is 4.83. The summed E-state index contributed by atoms with van der Waals surface area (Å²) in [6, 6.07) is 19.1. The van der Waals surface area contributed by atoms with E-state index in [0.717, 1.165) is 22.6 Å². The molecule has 0 aromatic heterocycles. The molecule has 1 fully saturated rings. The molecule has 0 N–H and O–H groups in total. The Morgan fingerprint density at radius 3 is 2.64 bits per heavy atom. The predicted molar refractivity (Wildman–Crippen MR) is 100 cm³/mol. The van der Waals surface area contributed by atoms with E-state index in [2.05, 4.69) is 36.4 Å². The number of carbonyl (C=O) groups is 1. The molecule has 5 rings (SSSR count). The van der Waals surface area contributed by atoms with Crippen molar-refractivity contribution >= 4 is 16.7 Å². The van der Waals surface area contributed by atoms with Gasteiger partial charge >= 0.3 is 5.97 Å². The van der Waals surface area contributed by atoms with Gasteiger partial charge in [0.2, 0.25) is 0 Å². The van der Waals surface area contributed by atoms with E-state index in [1.807, 2.05) is 18.2 Å². The number of hydrogen-bond donors (Lipinski definition) is 0. The van der Waals surface area contributed by atoms with Crippen molar-refractivity contribution in [3.8, 4) is 11.1 Å². The Hall–Kier alpha value is -2.61. The van der Waals surface area contributed by atoms with Crippen molar-refractivity contribution < 1.29 is 9.53 Å². The molecule has 0 amide bonds. The zero-order chi connectivity index (χ0) is 17.0. The summed E-state index contributed by atoms with van der Waals surface area (Å²) in [5, 5.41) is 2.23. The quantitative estimate of drug-likeness (QED) is 0.568. The molecule has 2 atom stereocenters. The second-order valence-electron chi connectivity index (χ2n) is 7.28. The SMILES string of the molecule is COC(=O)c1ccc2cc(-c3cccc4c3C3CCC4C3)ccc2c1. The largest absolute Gasteiger partial charge is 0.465 e. The van der Waals surface area contributed by atoms with E-state index < -0.39 is 0 Å². The molecule has 25 heavy (non-hydrogen) atoms. The van der Waals surface area contributed by atoms with Gasteiger partial charge in [-0.2, -0.15) is 0 Å². The van der Waals surface area contributed by atoms with Gasteiger partial charge in [-0.1, -0.05) is 36.4 Å². The average Bonchev–Trinajstić information content (AvgIpc) is 3.29. The maximum atomic E-state index is 11.7. The molecular weight excluding hydrogens is 308 g/mol. The van der Waals surface area contributed by atoms with Crippen LogP contribution in [-0.4, -0.2) is 13.1 Å². The van der Waals surface area contributed by atoms with Crippen molar-refractivity contribution in [2.24, 2.45) is 0 Å². The summed E-state index contributed by atoms with van der Waals surface area (Å²) in [6.07, 6.45) is 4.03. The molecule has 2 unspecified atom stereocenters. The number of rotatable bonds is 2. The first kappa shape index (κ1) is 14.7. The number of methoxy groups -OCH3 is 1. The third kappa shape index (κ3) is 2.21. The number of ether oxygens (including phenoxy) is 1. The van der Waals surface area contributed by atoms with Crippen LogP contribution >= 0.6 is 0 Å². The van der Waals surface area contributed by atoms with Crippen LogP contribution in [0, 0.1) is 0 Å². The third-order valence-electron chi connectivity index (χ3n) is 5.99. The molecule has 1 saturated carbocycles. The number of esters is 1. The lowest BCUT2D eigenvalue weighted by molar-refractivity contribution is 0.0601. The van der Waals surface area contributed by atoms with Crippen LogP contribution in [0.3, 0.4) is 0 Å². The van der Waals surface area contributed by atoms with Gasteiger partial charge in [-0.05, 0) is 82.3 Å². The molecule has 0 spiro atoms. The first-order valence-corrected chi connectivity index (χ1v) is 9.00. The summed E-state index contributed by atoms with van der Waals surface area (Å²) < 4.78 is 4.82. The number of hydrogen-bond acceptors (Lipinski definition) is 2. The van der Waals surface area contributed by atoms with E-state index in [-0.39, 0.29) is 5.97 Å². The van der Waals surface area contributed by atoms with E-state index in [1.165, 1.54) is 37.5 Å². The van der Waals surface area contributed by atoms with Gasteiger partial charge in [-0.15, -0.1) is 0 Å². The van der Waals surface area contributed by atoms with Crippen molar-refractivity contribution in [3.05, 3.63) is 71.3 Å². The number of carbonyl (C=O) groups excluding carboxylic acids is 1. The first-order chi connectivity index (χ1) is 12.2. The molecule has 0 aliphatic heterocycles. The summed E-state index contributed by atoms with van der Waals surface area (Å²) in [7, 11) is 1.42. The maximum Gasteiger partial charge on any atom is 0.337 e. The van der Waals surface area contributed by atoms with Crippen LogP contribution in [0.5, 0.6) is 0 Å². The average molecular weight is 328 g/mol. The standard InChI is InChI=1S/C23H20O2/c1-25-23(24)19-10-6-14-11-16(7-5-15(14)12-19)20-3-2-4-21-17-8-9-18(13-17)22(20)21/h2-7,10-12,17-18H,8-9,13H2,1H3. The van der Waals surface area contributed by atoms with E-state index in [0.29, 0.717) is 5.56 Å². The second kappa shape index (κ2) is 5.45. The minimum absolute atomic E-state index is 0.289. The molecule has 0 saturated heterocycles. The lowest BCUT2D eigenvalue weighted by Crippen LogP contribution is -2.01. The van der Waals surface area contributed by atoms with Gasteiger partial charge in [0, 0.05) is 0 Å². The van der Waals surface area contributed by atoms with Crippen molar-refractivity contribution in [2.75, 3.05) is 7.11 Å². The molecular formula is C23H20O2. The van der Waals surface area contributed by atoms with Gasteiger partial charge < -0.3 is 4.74 Å². The third-order valence-corrected chi connectivity index (χ3v) is 5.99. The molecule has 2 heteroatoms. The number of benzene rings is 3. The van der Waals surface area contributed by atoms with Gasteiger partial charge in [0.25, 0.3) is 0 Å². The zero-order valence-corrected chi connectivity index (χ0v) is 14.3. The highest BCUT2D eigenvalue weighted by Crippen LogP contribution is 2.55. The second-order valence-corrected chi connectivity index (χ2v) is 7.28. The fourth-order valence-electron chi connectivity index (χ4n) is 4.83. The number of fused-ring (bicyclic) bond motifs is 6. The van der Waals surface area contributed by atoms with E-state index in [4.69, 9.17) is 4.74 Å². The fraction of sp³-hybridized carbons (Fsp3) is 0.261. The molecule has 124 valence electrons. The Labute approximate surface area is 147 Å². The van der Waals surface area contributed by atoms with Gasteiger partial charge in [-0.3, -0.25) is 0 Å². The van der Waals surface area contributed by atoms with Crippen LogP contribution in [0.25, 0.3) is 21.9 Å². The molecule has 0 heterocycles. The predicted octanol–water partition coefficient (Wildman–Crippen LogP) is 5.66. The molecule has 2 aliphatic carbocycles. The molecule has 2 aliphatic rings. The highest BCUT2D eigenvalue weighted by Gasteiger charge is 2.38. The molecule has 3 aromatic carbocycles. The molecule has 2 bridgehead atoms.